The predicted octanol–water partition coefficient (Wildman–Crippen LogP) is 2.11. The molecule has 0 bridgehead atoms. The fourth-order valence-corrected chi connectivity index (χ4v) is 2.08. The van der Waals surface area contributed by atoms with Crippen LogP contribution in [0.15, 0.2) is 53.7 Å². The molecule has 0 spiro atoms. The fraction of sp³-hybridized carbons (Fsp3) is 0. The number of hydrogen-bond donors (Lipinski definition) is 1. The number of non-ortho nitro benzene ring substituents is 1. The molecule has 8 nitrogen and oxygen atoms in total. The normalized spacial score (nSPS) is 14.3. The van der Waals surface area contributed by atoms with Crippen molar-refractivity contribution in [3.05, 3.63) is 69.8 Å². The van der Waals surface area contributed by atoms with Crippen molar-refractivity contribution >= 4 is 29.0 Å². The molecule has 0 atom stereocenters. The van der Waals surface area contributed by atoms with Gasteiger partial charge in [-0.15, -0.1) is 0 Å². The van der Waals surface area contributed by atoms with Crippen LogP contribution >= 0.6 is 0 Å². The lowest BCUT2D eigenvalue weighted by molar-refractivity contribution is -0.384. The van der Waals surface area contributed by atoms with Crippen molar-refractivity contribution in [2.75, 3.05) is 5.32 Å². The summed E-state index contributed by atoms with van der Waals surface area (Å²) in [6, 6.07) is 11.9. The average molecular weight is 311 g/mol. The summed E-state index contributed by atoms with van der Waals surface area (Å²) >= 11 is 0. The second kappa shape index (κ2) is 5.68. The number of anilines is 1. The van der Waals surface area contributed by atoms with E-state index in [1.54, 1.807) is 24.3 Å². The van der Waals surface area contributed by atoms with Gasteiger partial charge in [-0.05, 0) is 12.1 Å². The number of nitro groups is 1. The van der Waals surface area contributed by atoms with Crippen molar-refractivity contribution < 1.29 is 19.3 Å². The Kier molecular flexibility index (Phi) is 3.55. The van der Waals surface area contributed by atoms with Crippen LogP contribution in [0.25, 0.3) is 0 Å². The number of amides is 1. The molecule has 0 aromatic heterocycles. The Labute approximate surface area is 129 Å². The van der Waals surface area contributed by atoms with Gasteiger partial charge in [0.2, 0.25) is 0 Å². The van der Waals surface area contributed by atoms with Crippen LogP contribution in [0.3, 0.4) is 0 Å². The van der Waals surface area contributed by atoms with Gasteiger partial charge >= 0.3 is 5.97 Å². The zero-order valence-corrected chi connectivity index (χ0v) is 11.6. The van der Waals surface area contributed by atoms with E-state index in [0.29, 0.717) is 11.3 Å². The van der Waals surface area contributed by atoms with Gasteiger partial charge in [-0.25, -0.2) is 4.79 Å². The van der Waals surface area contributed by atoms with Crippen LogP contribution in [0.1, 0.15) is 15.9 Å². The lowest BCUT2D eigenvalue weighted by Crippen LogP contribution is -2.15. The molecule has 0 saturated heterocycles. The number of para-hydroxylation sites is 1. The number of carbonyl (C=O) groups excluding carboxylic acids is 2. The van der Waals surface area contributed by atoms with Crippen molar-refractivity contribution in [3.63, 3.8) is 0 Å². The number of nitrogens with one attached hydrogen (secondary N) is 1. The van der Waals surface area contributed by atoms with Crippen molar-refractivity contribution in [1.29, 1.82) is 0 Å². The SMILES string of the molecule is O=C1Nc2ccccc2/C1=N/OC(=O)c1cccc([N+](=O)[O-])c1. The van der Waals surface area contributed by atoms with E-state index in [-0.39, 0.29) is 17.0 Å². The molecule has 0 saturated carbocycles. The first-order chi connectivity index (χ1) is 11.1. The maximum atomic E-state index is 11.9. The minimum Gasteiger partial charge on any atom is -0.320 e. The molecular weight excluding hydrogens is 302 g/mol. The molecule has 1 N–H and O–H groups in total. The molecule has 23 heavy (non-hydrogen) atoms. The zero-order chi connectivity index (χ0) is 16.4. The first kappa shape index (κ1) is 14.4. The van der Waals surface area contributed by atoms with Crippen molar-refractivity contribution in [2.24, 2.45) is 5.16 Å². The number of oxime groups is 1. The van der Waals surface area contributed by atoms with Gasteiger partial charge < -0.3 is 10.2 Å². The van der Waals surface area contributed by atoms with E-state index in [4.69, 9.17) is 4.84 Å². The van der Waals surface area contributed by atoms with Crippen molar-refractivity contribution in [3.8, 4) is 0 Å². The van der Waals surface area contributed by atoms with Crippen LogP contribution in [0.4, 0.5) is 11.4 Å². The number of carbonyl (C=O) groups is 2. The standard InChI is InChI=1S/C15H9N3O5/c19-14-13(11-6-1-2-7-12(11)16-14)17-23-15(20)9-4-3-5-10(8-9)18(21)22/h1-8H,(H,16,17,19). The van der Waals surface area contributed by atoms with E-state index in [1.165, 1.54) is 18.2 Å². The molecule has 114 valence electrons. The third-order valence-electron chi connectivity index (χ3n) is 3.16. The van der Waals surface area contributed by atoms with Gasteiger partial charge in [-0.1, -0.05) is 29.4 Å². The van der Waals surface area contributed by atoms with Crippen molar-refractivity contribution in [2.45, 2.75) is 0 Å². The number of fused-ring (bicyclic) bond motifs is 1. The third-order valence-corrected chi connectivity index (χ3v) is 3.16. The highest BCUT2D eigenvalue weighted by atomic mass is 16.7. The molecule has 8 heteroatoms. The van der Waals surface area contributed by atoms with Gasteiger partial charge in [0, 0.05) is 17.7 Å². The summed E-state index contributed by atoms with van der Waals surface area (Å²) < 4.78 is 0. The van der Waals surface area contributed by atoms with Gasteiger partial charge in [0.25, 0.3) is 11.6 Å². The molecule has 2 aromatic carbocycles. The Balaban J connectivity index is 1.83. The second-order valence-corrected chi connectivity index (χ2v) is 4.63. The highest BCUT2D eigenvalue weighted by Gasteiger charge is 2.26. The van der Waals surface area contributed by atoms with E-state index in [1.807, 2.05) is 0 Å². The number of hydrogen-bond acceptors (Lipinski definition) is 6. The van der Waals surface area contributed by atoms with Crippen LogP contribution in [-0.4, -0.2) is 22.5 Å². The van der Waals surface area contributed by atoms with Gasteiger partial charge in [0.05, 0.1) is 16.2 Å². The Bertz CT molecular complexity index is 860. The maximum Gasteiger partial charge on any atom is 0.366 e. The maximum absolute atomic E-state index is 11.9. The molecule has 1 heterocycles. The summed E-state index contributed by atoms with van der Waals surface area (Å²) in [4.78, 5) is 38.5. The summed E-state index contributed by atoms with van der Waals surface area (Å²) in [5.41, 5.74) is 0.790. The highest BCUT2D eigenvalue weighted by Crippen LogP contribution is 2.23. The lowest BCUT2D eigenvalue weighted by atomic mass is 10.1. The van der Waals surface area contributed by atoms with E-state index >= 15 is 0 Å². The monoisotopic (exact) mass is 311 g/mol. The van der Waals surface area contributed by atoms with Gasteiger partial charge in [0.15, 0.2) is 5.71 Å². The molecular formula is C15H9N3O5. The third kappa shape index (κ3) is 2.77. The summed E-state index contributed by atoms with van der Waals surface area (Å²) in [5, 5.41) is 16.9. The number of nitro benzene ring substituents is 1. The smallest absolute Gasteiger partial charge is 0.320 e. The Hall–Kier alpha value is -3.55. The summed E-state index contributed by atoms with van der Waals surface area (Å²) in [5.74, 6) is -1.38. The molecule has 3 rings (SSSR count). The van der Waals surface area contributed by atoms with Crippen LogP contribution < -0.4 is 5.32 Å². The van der Waals surface area contributed by atoms with Crippen LogP contribution in [0, 0.1) is 10.1 Å². The molecule has 1 aliphatic rings. The number of benzene rings is 2. The number of rotatable bonds is 3. The minimum absolute atomic E-state index is 0.0284. The highest BCUT2D eigenvalue weighted by molar-refractivity contribution is 6.53. The lowest BCUT2D eigenvalue weighted by Gasteiger charge is -1.99. The molecule has 1 aliphatic heterocycles. The quantitative estimate of drug-likeness (QED) is 0.530. The number of nitrogens with zero attached hydrogens (tertiary/aromatic N) is 2. The molecule has 0 aliphatic carbocycles. The molecule has 0 unspecified atom stereocenters. The van der Waals surface area contributed by atoms with Gasteiger partial charge in [-0.2, -0.15) is 0 Å². The first-order valence-corrected chi connectivity index (χ1v) is 6.51. The van der Waals surface area contributed by atoms with E-state index in [9.17, 15) is 19.7 Å². The van der Waals surface area contributed by atoms with Gasteiger partial charge in [-0.3, -0.25) is 14.9 Å². The Morgan fingerprint density at radius 1 is 1.17 bits per heavy atom. The summed E-state index contributed by atoms with van der Waals surface area (Å²) in [6.07, 6.45) is 0. The van der Waals surface area contributed by atoms with Crippen LogP contribution in [0.5, 0.6) is 0 Å². The fourth-order valence-electron chi connectivity index (χ4n) is 2.08. The molecule has 2 aromatic rings. The Morgan fingerprint density at radius 2 is 1.96 bits per heavy atom. The zero-order valence-electron chi connectivity index (χ0n) is 11.6. The topological polar surface area (TPSA) is 111 Å². The molecule has 0 radical (unpaired) electrons. The predicted molar refractivity (Wildman–Crippen MR) is 80.1 cm³/mol. The molecule has 1 amide bonds. The van der Waals surface area contributed by atoms with E-state index in [0.717, 1.165) is 6.07 Å². The first-order valence-electron chi connectivity index (χ1n) is 6.51. The van der Waals surface area contributed by atoms with E-state index < -0.39 is 16.8 Å². The average Bonchev–Trinajstić information content (AvgIpc) is 2.88. The minimum atomic E-state index is -0.890. The second-order valence-electron chi connectivity index (χ2n) is 4.63. The van der Waals surface area contributed by atoms with Crippen LogP contribution in [0.2, 0.25) is 0 Å². The van der Waals surface area contributed by atoms with E-state index in [2.05, 4.69) is 10.5 Å². The van der Waals surface area contributed by atoms with Gasteiger partial charge in [0.1, 0.15) is 0 Å². The molecule has 0 fully saturated rings. The van der Waals surface area contributed by atoms with Crippen molar-refractivity contribution in [1.82, 2.24) is 0 Å². The Morgan fingerprint density at radius 3 is 2.74 bits per heavy atom. The largest absolute Gasteiger partial charge is 0.366 e. The summed E-state index contributed by atoms with van der Waals surface area (Å²) in [7, 11) is 0. The summed E-state index contributed by atoms with van der Waals surface area (Å²) in [6.45, 7) is 0. The van der Waals surface area contributed by atoms with Crippen LogP contribution in [-0.2, 0) is 9.63 Å².